The van der Waals surface area contributed by atoms with E-state index in [1.807, 2.05) is 52.2 Å². The molecule has 38 heavy (non-hydrogen) atoms. The van der Waals surface area contributed by atoms with E-state index in [1.165, 1.54) is 4.80 Å². The minimum atomic E-state index is 0.204. The molecule has 7 rings (SSSR count). The lowest BCUT2D eigenvalue weighted by Crippen LogP contribution is -2.56. The number of benzene rings is 1. The molecule has 2 bridgehead atoms. The Kier molecular flexibility index (Phi) is 5.65. The van der Waals surface area contributed by atoms with E-state index < -0.39 is 0 Å². The minimum absolute atomic E-state index is 0.204. The van der Waals surface area contributed by atoms with E-state index in [2.05, 4.69) is 37.5 Å². The zero-order valence-electron chi connectivity index (χ0n) is 21.4. The third-order valence-corrected chi connectivity index (χ3v) is 7.93. The van der Waals surface area contributed by atoms with Gasteiger partial charge in [0.05, 0.1) is 25.0 Å². The van der Waals surface area contributed by atoms with Gasteiger partial charge in [-0.15, -0.1) is 10.2 Å². The SMILES string of the molecule is Cn1nnc(-c2ccc(N3C4CCC3CN(CC(=O)N3CCc5nn(-c6ccccc6)cc5C3)C4)nc2)n1. The standard InChI is InChI=1S/C27H30N10O/c1-33-31-27(29-32-33)19-7-10-25(28-13-19)37-22-8-9-23(37)17-34(16-22)18-26(38)35-12-11-24-20(14-35)15-36(30-24)21-5-3-2-4-6-21/h2-7,10,13,15,22-23H,8-9,11-12,14,16-18H2,1H3. The number of carbonyl (C=O) groups is 1. The van der Waals surface area contributed by atoms with Crippen LogP contribution in [0.2, 0.25) is 0 Å². The summed E-state index contributed by atoms with van der Waals surface area (Å²) in [5.41, 5.74) is 4.14. The van der Waals surface area contributed by atoms with Crippen LogP contribution in [0.15, 0.2) is 54.9 Å². The molecule has 2 saturated heterocycles. The van der Waals surface area contributed by atoms with Crippen LogP contribution in [-0.4, -0.2) is 88.9 Å². The first-order chi connectivity index (χ1) is 18.6. The molecule has 3 aromatic heterocycles. The van der Waals surface area contributed by atoms with Crippen molar-refractivity contribution in [2.45, 2.75) is 37.9 Å². The summed E-state index contributed by atoms with van der Waals surface area (Å²) < 4.78 is 1.93. The van der Waals surface area contributed by atoms with Crippen molar-refractivity contribution < 1.29 is 4.79 Å². The number of piperazine rings is 1. The van der Waals surface area contributed by atoms with Crippen LogP contribution in [0.5, 0.6) is 0 Å². The Morgan fingerprint density at radius 3 is 2.55 bits per heavy atom. The molecule has 11 heteroatoms. The number of hydrogen-bond acceptors (Lipinski definition) is 8. The van der Waals surface area contributed by atoms with Crippen LogP contribution >= 0.6 is 0 Å². The Morgan fingerprint density at radius 1 is 1.03 bits per heavy atom. The van der Waals surface area contributed by atoms with Gasteiger partial charge in [-0.2, -0.15) is 9.90 Å². The average Bonchev–Trinajstić information content (AvgIpc) is 3.64. The lowest BCUT2D eigenvalue weighted by molar-refractivity contribution is -0.133. The highest BCUT2D eigenvalue weighted by Crippen LogP contribution is 2.34. The van der Waals surface area contributed by atoms with E-state index in [4.69, 9.17) is 10.1 Å². The first kappa shape index (κ1) is 23.0. The van der Waals surface area contributed by atoms with E-state index in [1.54, 1.807) is 7.05 Å². The fourth-order valence-electron chi connectivity index (χ4n) is 6.09. The molecule has 0 aliphatic carbocycles. The Balaban J connectivity index is 0.985. The number of likely N-dealkylation sites (tertiary alicyclic amines) is 1. The third kappa shape index (κ3) is 4.22. The summed E-state index contributed by atoms with van der Waals surface area (Å²) in [6.45, 7) is 3.57. The fourth-order valence-corrected chi connectivity index (χ4v) is 6.09. The highest BCUT2D eigenvalue weighted by molar-refractivity contribution is 5.78. The topological polar surface area (TPSA) is 101 Å². The number of hydrogen-bond donors (Lipinski definition) is 0. The summed E-state index contributed by atoms with van der Waals surface area (Å²) >= 11 is 0. The van der Waals surface area contributed by atoms with Gasteiger partial charge in [-0.05, 0) is 42.3 Å². The van der Waals surface area contributed by atoms with Gasteiger partial charge < -0.3 is 9.80 Å². The molecule has 11 nitrogen and oxygen atoms in total. The second kappa shape index (κ2) is 9.32. The summed E-state index contributed by atoms with van der Waals surface area (Å²) in [4.78, 5) is 26.3. The van der Waals surface area contributed by atoms with Gasteiger partial charge in [0.15, 0.2) is 0 Å². The van der Waals surface area contributed by atoms with Crippen LogP contribution in [0.1, 0.15) is 24.1 Å². The van der Waals surface area contributed by atoms with E-state index in [-0.39, 0.29) is 5.91 Å². The monoisotopic (exact) mass is 510 g/mol. The molecule has 0 spiro atoms. The Morgan fingerprint density at radius 2 is 1.84 bits per heavy atom. The molecule has 194 valence electrons. The summed E-state index contributed by atoms with van der Waals surface area (Å²) in [6.07, 6.45) is 6.94. The summed E-state index contributed by atoms with van der Waals surface area (Å²) in [5.74, 6) is 1.76. The second-order valence-corrected chi connectivity index (χ2v) is 10.4. The molecule has 3 aliphatic heterocycles. The molecule has 0 radical (unpaired) electrons. The molecular formula is C27H30N10O. The van der Waals surface area contributed by atoms with Crippen LogP contribution in [0.25, 0.3) is 17.1 Å². The van der Waals surface area contributed by atoms with Gasteiger partial charge in [0.1, 0.15) is 5.82 Å². The van der Waals surface area contributed by atoms with Gasteiger partial charge in [0, 0.05) is 68.2 Å². The van der Waals surface area contributed by atoms with Gasteiger partial charge in [-0.3, -0.25) is 9.69 Å². The highest BCUT2D eigenvalue weighted by atomic mass is 16.2. The maximum Gasteiger partial charge on any atom is 0.237 e. The van der Waals surface area contributed by atoms with Crippen molar-refractivity contribution in [1.82, 2.24) is 44.8 Å². The normalized spacial score (nSPS) is 21.1. The number of pyridine rings is 1. The van der Waals surface area contributed by atoms with Crippen LogP contribution in [0, 0.1) is 0 Å². The van der Waals surface area contributed by atoms with Gasteiger partial charge >= 0.3 is 0 Å². The Bertz CT molecular complexity index is 1430. The zero-order chi connectivity index (χ0) is 25.6. The van der Waals surface area contributed by atoms with Crippen molar-refractivity contribution in [3.05, 3.63) is 66.1 Å². The molecule has 4 aromatic rings. The van der Waals surface area contributed by atoms with Crippen molar-refractivity contribution in [2.24, 2.45) is 7.05 Å². The van der Waals surface area contributed by atoms with E-state index in [0.29, 0.717) is 31.0 Å². The van der Waals surface area contributed by atoms with Crippen molar-refractivity contribution in [3.63, 3.8) is 0 Å². The van der Waals surface area contributed by atoms with E-state index in [0.717, 1.165) is 67.2 Å². The Hall–Kier alpha value is -4.12. The number of amides is 1. The predicted molar refractivity (Wildman–Crippen MR) is 140 cm³/mol. The molecule has 1 aromatic carbocycles. The van der Waals surface area contributed by atoms with Crippen LogP contribution in [-0.2, 0) is 24.8 Å². The summed E-state index contributed by atoms with van der Waals surface area (Å²) in [5, 5.41) is 17.0. The Labute approximate surface area is 220 Å². The molecule has 2 unspecified atom stereocenters. The number of anilines is 1. The first-order valence-electron chi connectivity index (χ1n) is 13.2. The molecule has 0 N–H and O–H groups in total. The molecule has 3 aliphatic rings. The van der Waals surface area contributed by atoms with Crippen LogP contribution in [0.3, 0.4) is 0 Å². The maximum atomic E-state index is 13.3. The van der Waals surface area contributed by atoms with Crippen molar-refractivity contribution in [2.75, 3.05) is 31.1 Å². The van der Waals surface area contributed by atoms with E-state index in [9.17, 15) is 4.79 Å². The van der Waals surface area contributed by atoms with Crippen molar-refractivity contribution in [1.29, 1.82) is 0 Å². The van der Waals surface area contributed by atoms with Gasteiger partial charge in [0.2, 0.25) is 11.7 Å². The average molecular weight is 511 g/mol. The van der Waals surface area contributed by atoms with Crippen molar-refractivity contribution in [3.8, 4) is 17.1 Å². The highest BCUT2D eigenvalue weighted by Gasteiger charge is 2.41. The number of nitrogens with zero attached hydrogens (tertiary/aromatic N) is 10. The van der Waals surface area contributed by atoms with Gasteiger partial charge in [0.25, 0.3) is 0 Å². The minimum Gasteiger partial charge on any atom is -0.348 e. The number of aromatic nitrogens is 7. The zero-order valence-corrected chi connectivity index (χ0v) is 21.4. The molecule has 2 fully saturated rings. The number of fused-ring (bicyclic) bond motifs is 3. The predicted octanol–water partition coefficient (Wildman–Crippen LogP) is 1.70. The molecule has 6 heterocycles. The second-order valence-electron chi connectivity index (χ2n) is 10.4. The van der Waals surface area contributed by atoms with Crippen molar-refractivity contribution >= 4 is 11.7 Å². The number of aryl methyl sites for hydroxylation is 1. The number of tetrazole rings is 1. The molecule has 1 amide bonds. The fraction of sp³-hybridized carbons (Fsp3) is 0.407. The van der Waals surface area contributed by atoms with Crippen LogP contribution in [0.4, 0.5) is 5.82 Å². The quantitative estimate of drug-likeness (QED) is 0.400. The lowest BCUT2D eigenvalue weighted by Gasteiger charge is -2.42. The van der Waals surface area contributed by atoms with E-state index >= 15 is 0 Å². The molecular weight excluding hydrogens is 480 g/mol. The first-order valence-corrected chi connectivity index (χ1v) is 13.2. The smallest absolute Gasteiger partial charge is 0.237 e. The molecule has 0 saturated carbocycles. The summed E-state index contributed by atoms with van der Waals surface area (Å²) in [7, 11) is 1.75. The van der Waals surface area contributed by atoms with Gasteiger partial charge in [-0.25, -0.2) is 9.67 Å². The number of para-hydroxylation sites is 1. The number of carbonyl (C=O) groups excluding carboxylic acids is 1. The lowest BCUT2D eigenvalue weighted by atomic mass is 10.1. The van der Waals surface area contributed by atoms with Gasteiger partial charge in [-0.1, -0.05) is 18.2 Å². The largest absolute Gasteiger partial charge is 0.348 e. The molecule has 2 atom stereocenters. The summed E-state index contributed by atoms with van der Waals surface area (Å²) in [6, 6.07) is 14.9. The van der Waals surface area contributed by atoms with Crippen LogP contribution < -0.4 is 4.90 Å². The number of rotatable bonds is 5. The third-order valence-electron chi connectivity index (χ3n) is 7.93. The maximum absolute atomic E-state index is 13.3.